The number of rotatable bonds is 5. The van der Waals surface area contributed by atoms with Gasteiger partial charge in [0.05, 0.1) is 0 Å². The number of carbonyl (C=O) groups is 1. The molecule has 0 fully saturated rings. The molecule has 1 aromatic carbocycles. The van der Waals surface area contributed by atoms with Crippen molar-refractivity contribution in [3.8, 4) is 11.5 Å². The lowest BCUT2D eigenvalue weighted by Crippen LogP contribution is -2.36. The molecule has 0 bridgehead atoms. The van der Waals surface area contributed by atoms with Crippen molar-refractivity contribution >= 4 is 6.03 Å². The molecule has 1 aromatic heterocycles. The number of carbonyl (C=O) groups excluding carboxylic acids is 1. The highest BCUT2D eigenvalue weighted by Gasteiger charge is 2.12. The zero-order valence-electron chi connectivity index (χ0n) is 12.0. The largest absolute Gasteiger partial charge is 0.454 e. The summed E-state index contributed by atoms with van der Waals surface area (Å²) in [6.07, 6.45) is 4.14. The van der Waals surface area contributed by atoms with Crippen molar-refractivity contribution < 1.29 is 14.3 Å². The van der Waals surface area contributed by atoms with E-state index in [0.29, 0.717) is 13.1 Å². The lowest BCUT2D eigenvalue weighted by molar-refractivity contribution is 0.174. The molecule has 2 amide bonds. The molecule has 0 unspecified atom stereocenters. The van der Waals surface area contributed by atoms with Crippen molar-refractivity contribution in [2.24, 2.45) is 0 Å². The molecule has 22 heavy (non-hydrogen) atoms. The quantitative estimate of drug-likeness (QED) is 0.884. The second kappa shape index (κ2) is 6.80. The topological polar surface area (TPSA) is 72.5 Å². The van der Waals surface area contributed by atoms with E-state index >= 15 is 0 Å². The molecule has 2 aromatic rings. The van der Waals surface area contributed by atoms with Gasteiger partial charge in [-0.05, 0) is 41.8 Å². The molecule has 114 valence electrons. The van der Waals surface area contributed by atoms with Gasteiger partial charge in [-0.1, -0.05) is 6.07 Å². The maximum Gasteiger partial charge on any atom is 0.315 e. The second-order valence-electron chi connectivity index (χ2n) is 4.90. The number of benzene rings is 1. The summed E-state index contributed by atoms with van der Waals surface area (Å²) in [6.45, 7) is 1.31. The molecule has 2 heterocycles. The smallest absolute Gasteiger partial charge is 0.315 e. The van der Waals surface area contributed by atoms with Crippen molar-refractivity contribution in [3.05, 3.63) is 53.9 Å². The molecule has 2 N–H and O–H groups in total. The average Bonchev–Trinajstić information content (AvgIpc) is 3.02. The number of amides is 2. The first kappa shape index (κ1) is 14.2. The number of hydrogen-bond donors (Lipinski definition) is 2. The highest BCUT2D eigenvalue weighted by atomic mass is 16.7. The van der Waals surface area contributed by atoms with Crippen LogP contribution in [0.15, 0.2) is 42.7 Å². The molecular formula is C16H17N3O3. The average molecular weight is 299 g/mol. The summed E-state index contributed by atoms with van der Waals surface area (Å²) in [5.74, 6) is 1.53. The Labute approximate surface area is 128 Å². The van der Waals surface area contributed by atoms with Crippen LogP contribution in [0.5, 0.6) is 11.5 Å². The van der Waals surface area contributed by atoms with E-state index in [1.807, 2.05) is 30.3 Å². The fraction of sp³-hybridized carbons (Fsp3) is 0.250. The Morgan fingerprint density at radius 2 is 1.86 bits per heavy atom. The molecular weight excluding hydrogens is 282 g/mol. The van der Waals surface area contributed by atoms with Gasteiger partial charge in [0.2, 0.25) is 6.79 Å². The number of urea groups is 1. The van der Waals surface area contributed by atoms with Crippen LogP contribution in [-0.4, -0.2) is 24.4 Å². The van der Waals surface area contributed by atoms with Gasteiger partial charge in [-0.2, -0.15) is 0 Å². The van der Waals surface area contributed by atoms with E-state index in [-0.39, 0.29) is 12.8 Å². The molecule has 0 aliphatic carbocycles. The Balaban J connectivity index is 1.40. The highest BCUT2D eigenvalue weighted by molar-refractivity contribution is 5.73. The van der Waals surface area contributed by atoms with Gasteiger partial charge >= 0.3 is 6.03 Å². The Morgan fingerprint density at radius 3 is 2.73 bits per heavy atom. The van der Waals surface area contributed by atoms with Crippen molar-refractivity contribution in [3.63, 3.8) is 0 Å². The van der Waals surface area contributed by atoms with E-state index < -0.39 is 0 Å². The third kappa shape index (κ3) is 3.66. The zero-order chi connectivity index (χ0) is 15.2. The third-order valence-corrected chi connectivity index (χ3v) is 3.34. The minimum atomic E-state index is -0.183. The van der Waals surface area contributed by atoms with E-state index in [4.69, 9.17) is 9.47 Å². The number of nitrogens with one attached hydrogen (secondary N) is 2. The standard InChI is InChI=1S/C16H17N3O3/c20-16(19-10-13-3-6-17-7-4-13)18-8-5-12-1-2-14-15(9-12)22-11-21-14/h1-4,6-7,9H,5,8,10-11H2,(H2,18,19,20). The summed E-state index contributed by atoms with van der Waals surface area (Å²) < 4.78 is 10.6. The first-order valence-electron chi connectivity index (χ1n) is 7.10. The first-order chi connectivity index (χ1) is 10.8. The van der Waals surface area contributed by atoms with Crippen molar-refractivity contribution in [1.29, 1.82) is 0 Å². The van der Waals surface area contributed by atoms with Gasteiger partial charge in [-0.25, -0.2) is 4.79 Å². The summed E-state index contributed by atoms with van der Waals surface area (Å²) in [5, 5.41) is 5.64. The number of aromatic nitrogens is 1. The monoisotopic (exact) mass is 299 g/mol. The Hall–Kier alpha value is -2.76. The summed E-state index contributed by atoms with van der Waals surface area (Å²) >= 11 is 0. The fourth-order valence-corrected chi connectivity index (χ4v) is 2.16. The predicted molar refractivity (Wildman–Crippen MR) is 80.7 cm³/mol. The van der Waals surface area contributed by atoms with Crippen LogP contribution in [0.1, 0.15) is 11.1 Å². The van der Waals surface area contributed by atoms with Gasteiger partial charge in [0, 0.05) is 25.5 Å². The Bertz CT molecular complexity index is 646. The molecule has 0 saturated heterocycles. The molecule has 0 saturated carbocycles. The molecule has 6 heteroatoms. The SMILES string of the molecule is O=C(NCCc1ccc2c(c1)OCO2)NCc1ccncc1. The van der Waals surface area contributed by atoms with Crippen LogP contribution in [0.25, 0.3) is 0 Å². The van der Waals surface area contributed by atoms with Crippen LogP contribution in [0.2, 0.25) is 0 Å². The Morgan fingerprint density at radius 1 is 1.05 bits per heavy atom. The molecule has 3 rings (SSSR count). The molecule has 0 atom stereocenters. The Kier molecular flexibility index (Phi) is 4.38. The minimum Gasteiger partial charge on any atom is -0.454 e. The van der Waals surface area contributed by atoms with Gasteiger partial charge in [-0.15, -0.1) is 0 Å². The summed E-state index contributed by atoms with van der Waals surface area (Å²) in [5.41, 5.74) is 2.11. The first-order valence-corrected chi connectivity index (χ1v) is 7.10. The normalized spacial score (nSPS) is 12.0. The zero-order valence-corrected chi connectivity index (χ0v) is 12.0. The van der Waals surface area contributed by atoms with Crippen LogP contribution in [-0.2, 0) is 13.0 Å². The molecule has 1 aliphatic rings. The van der Waals surface area contributed by atoms with Gasteiger partial charge in [0.15, 0.2) is 11.5 Å². The molecule has 0 radical (unpaired) electrons. The van der Waals surface area contributed by atoms with Gasteiger partial charge in [-0.3, -0.25) is 4.98 Å². The fourth-order valence-electron chi connectivity index (χ4n) is 2.16. The van der Waals surface area contributed by atoms with Crippen LogP contribution in [0.4, 0.5) is 4.79 Å². The number of hydrogen-bond acceptors (Lipinski definition) is 4. The summed E-state index contributed by atoms with van der Waals surface area (Å²) in [6, 6.07) is 9.36. The van der Waals surface area contributed by atoms with E-state index in [1.54, 1.807) is 12.4 Å². The lowest BCUT2D eigenvalue weighted by atomic mass is 10.1. The highest BCUT2D eigenvalue weighted by Crippen LogP contribution is 2.32. The van der Waals surface area contributed by atoms with E-state index in [9.17, 15) is 4.79 Å². The van der Waals surface area contributed by atoms with Crippen molar-refractivity contribution in [2.45, 2.75) is 13.0 Å². The summed E-state index contributed by atoms with van der Waals surface area (Å²) in [4.78, 5) is 15.6. The number of nitrogens with zero attached hydrogens (tertiary/aromatic N) is 1. The number of pyridine rings is 1. The second-order valence-corrected chi connectivity index (χ2v) is 4.90. The van der Waals surface area contributed by atoms with Crippen LogP contribution >= 0.6 is 0 Å². The maximum atomic E-state index is 11.7. The summed E-state index contributed by atoms with van der Waals surface area (Å²) in [7, 11) is 0. The maximum absolute atomic E-state index is 11.7. The van der Waals surface area contributed by atoms with Crippen LogP contribution in [0, 0.1) is 0 Å². The van der Waals surface area contributed by atoms with Crippen LogP contribution < -0.4 is 20.1 Å². The lowest BCUT2D eigenvalue weighted by Gasteiger charge is -2.08. The van der Waals surface area contributed by atoms with Gasteiger partial charge in [0.1, 0.15) is 0 Å². The van der Waals surface area contributed by atoms with Crippen LogP contribution in [0.3, 0.4) is 0 Å². The number of ether oxygens (including phenoxy) is 2. The van der Waals surface area contributed by atoms with Crippen molar-refractivity contribution in [2.75, 3.05) is 13.3 Å². The van der Waals surface area contributed by atoms with Gasteiger partial charge in [0.25, 0.3) is 0 Å². The van der Waals surface area contributed by atoms with E-state index in [1.165, 1.54) is 0 Å². The van der Waals surface area contributed by atoms with Crippen molar-refractivity contribution in [1.82, 2.24) is 15.6 Å². The molecule has 6 nitrogen and oxygen atoms in total. The van der Waals surface area contributed by atoms with E-state index in [2.05, 4.69) is 15.6 Å². The van der Waals surface area contributed by atoms with E-state index in [0.717, 1.165) is 29.0 Å². The van der Waals surface area contributed by atoms with Gasteiger partial charge < -0.3 is 20.1 Å². The molecule has 0 spiro atoms. The molecule has 1 aliphatic heterocycles. The minimum absolute atomic E-state index is 0.183. The predicted octanol–water partition coefficient (Wildman–Crippen LogP) is 1.85. The third-order valence-electron chi connectivity index (χ3n) is 3.34. The number of fused-ring (bicyclic) bond motifs is 1.